The van der Waals surface area contributed by atoms with Crippen LogP contribution in [0.3, 0.4) is 0 Å². The van der Waals surface area contributed by atoms with E-state index in [2.05, 4.69) is 54.4 Å². The fourth-order valence-corrected chi connectivity index (χ4v) is 2.86. The minimum atomic E-state index is 0.690. The Labute approximate surface area is 118 Å². The summed E-state index contributed by atoms with van der Waals surface area (Å²) >= 11 is 0. The lowest BCUT2D eigenvalue weighted by molar-refractivity contribution is 0.167. The summed E-state index contributed by atoms with van der Waals surface area (Å²) in [5.41, 5.74) is 1.47. The number of nitrogens with zero attached hydrogens (tertiary/aromatic N) is 1. The van der Waals surface area contributed by atoms with Crippen LogP contribution in [0.4, 0.5) is 0 Å². The van der Waals surface area contributed by atoms with Gasteiger partial charge in [-0.15, -0.1) is 0 Å². The summed E-state index contributed by atoms with van der Waals surface area (Å²) < 4.78 is 0. The van der Waals surface area contributed by atoms with Crippen LogP contribution in [0.25, 0.3) is 0 Å². The van der Waals surface area contributed by atoms with Crippen LogP contribution in [0.5, 0.6) is 0 Å². The number of rotatable bonds is 6. The Balaban J connectivity index is 1.71. The maximum Gasteiger partial charge on any atom is 0.0221 e. The van der Waals surface area contributed by atoms with Gasteiger partial charge in [-0.3, -0.25) is 0 Å². The average Bonchev–Trinajstić information content (AvgIpc) is 2.48. The van der Waals surface area contributed by atoms with Crippen LogP contribution >= 0.6 is 0 Å². The number of hydrogen-bond donors (Lipinski definition) is 1. The van der Waals surface area contributed by atoms with Crippen molar-refractivity contribution in [2.24, 2.45) is 5.92 Å². The number of piperazine rings is 1. The van der Waals surface area contributed by atoms with Crippen molar-refractivity contribution >= 4 is 0 Å². The van der Waals surface area contributed by atoms with E-state index in [-0.39, 0.29) is 0 Å². The summed E-state index contributed by atoms with van der Waals surface area (Å²) in [4.78, 5) is 2.64. The summed E-state index contributed by atoms with van der Waals surface area (Å²) in [7, 11) is 0. The lowest BCUT2D eigenvalue weighted by atomic mass is 9.97. The third-order valence-corrected chi connectivity index (χ3v) is 4.40. The van der Waals surface area contributed by atoms with Gasteiger partial charge in [-0.1, -0.05) is 50.6 Å². The molecule has 1 aliphatic rings. The van der Waals surface area contributed by atoms with Gasteiger partial charge in [-0.05, 0) is 30.9 Å². The highest BCUT2D eigenvalue weighted by Gasteiger charge is 2.22. The molecule has 19 heavy (non-hydrogen) atoms. The molecule has 0 amide bonds. The van der Waals surface area contributed by atoms with Crippen LogP contribution in [0.1, 0.15) is 32.3 Å². The third-order valence-electron chi connectivity index (χ3n) is 4.40. The van der Waals surface area contributed by atoms with Gasteiger partial charge in [0.15, 0.2) is 0 Å². The standard InChI is InChI=1S/C17H28N2/c1-3-15(2)17-14-19(13-11-18-17)12-7-10-16-8-5-4-6-9-16/h4-6,8-9,15,17-18H,3,7,10-14H2,1-2H3. The van der Waals surface area contributed by atoms with Crippen LogP contribution in [0, 0.1) is 5.92 Å². The van der Waals surface area contributed by atoms with Gasteiger partial charge in [-0.25, -0.2) is 0 Å². The van der Waals surface area contributed by atoms with Crippen LogP contribution in [-0.2, 0) is 6.42 Å². The first-order valence-corrected chi connectivity index (χ1v) is 7.79. The highest BCUT2D eigenvalue weighted by molar-refractivity contribution is 5.14. The molecule has 1 N–H and O–H groups in total. The Morgan fingerprint density at radius 3 is 2.84 bits per heavy atom. The van der Waals surface area contributed by atoms with Gasteiger partial charge in [0.1, 0.15) is 0 Å². The van der Waals surface area contributed by atoms with Crippen molar-refractivity contribution in [3.63, 3.8) is 0 Å². The second kappa shape index (κ2) is 7.66. The summed E-state index contributed by atoms with van der Waals surface area (Å²) in [5.74, 6) is 0.789. The number of benzene rings is 1. The fraction of sp³-hybridized carbons (Fsp3) is 0.647. The molecular weight excluding hydrogens is 232 g/mol. The second-order valence-corrected chi connectivity index (χ2v) is 5.84. The van der Waals surface area contributed by atoms with Crippen molar-refractivity contribution in [1.82, 2.24) is 10.2 Å². The van der Waals surface area contributed by atoms with E-state index in [1.54, 1.807) is 0 Å². The smallest absolute Gasteiger partial charge is 0.0221 e. The molecule has 2 heteroatoms. The maximum absolute atomic E-state index is 3.67. The SMILES string of the molecule is CCC(C)C1CN(CCCc2ccccc2)CCN1. The first-order chi connectivity index (χ1) is 9.29. The minimum Gasteiger partial charge on any atom is -0.311 e. The number of aryl methyl sites for hydroxylation is 1. The summed E-state index contributed by atoms with van der Waals surface area (Å²) in [6.45, 7) is 9.49. The molecule has 0 aliphatic carbocycles. The van der Waals surface area contributed by atoms with E-state index in [0.717, 1.165) is 12.5 Å². The highest BCUT2D eigenvalue weighted by atomic mass is 15.2. The van der Waals surface area contributed by atoms with Gasteiger partial charge in [0.2, 0.25) is 0 Å². The van der Waals surface area contributed by atoms with E-state index >= 15 is 0 Å². The molecular formula is C17H28N2. The Hall–Kier alpha value is -0.860. The largest absolute Gasteiger partial charge is 0.311 e. The maximum atomic E-state index is 3.67. The Morgan fingerprint density at radius 2 is 2.11 bits per heavy atom. The third kappa shape index (κ3) is 4.63. The van der Waals surface area contributed by atoms with Gasteiger partial charge < -0.3 is 10.2 Å². The molecule has 0 aromatic heterocycles. The van der Waals surface area contributed by atoms with Gasteiger partial charge in [0.05, 0.1) is 0 Å². The number of nitrogens with one attached hydrogen (secondary N) is 1. The Kier molecular flexibility index (Phi) is 5.87. The topological polar surface area (TPSA) is 15.3 Å². The van der Waals surface area contributed by atoms with Crippen molar-refractivity contribution < 1.29 is 0 Å². The molecule has 1 saturated heterocycles. The van der Waals surface area contributed by atoms with Crippen LogP contribution in [-0.4, -0.2) is 37.1 Å². The lowest BCUT2D eigenvalue weighted by Gasteiger charge is -2.36. The second-order valence-electron chi connectivity index (χ2n) is 5.84. The zero-order valence-electron chi connectivity index (χ0n) is 12.4. The van der Waals surface area contributed by atoms with Gasteiger partial charge in [0.25, 0.3) is 0 Å². The zero-order valence-corrected chi connectivity index (χ0v) is 12.4. The quantitative estimate of drug-likeness (QED) is 0.846. The van der Waals surface area contributed by atoms with E-state index in [9.17, 15) is 0 Å². The molecule has 0 saturated carbocycles. The predicted molar refractivity (Wildman–Crippen MR) is 82.4 cm³/mol. The molecule has 2 nitrogen and oxygen atoms in total. The van der Waals surface area contributed by atoms with Crippen molar-refractivity contribution in [2.45, 2.75) is 39.2 Å². The molecule has 2 unspecified atom stereocenters. The van der Waals surface area contributed by atoms with Crippen molar-refractivity contribution in [1.29, 1.82) is 0 Å². The van der Waals surface area contributed by atoms with E-state index in [0.29, 0.717) is 6.04 Å². The van der Waals surface area contributed by atoms with Crippen LogP contribution in [0.2, 0.25) is 0 Å². The molecule has 2 rings (SSSR count). The Morgan fingerprint density at radius 1 is 1.32 bits per heavy atom. The first kappa shape index (κ1) is 14.5. The molecule has 1 aromatic carbocycles. The van der Waals surface area contributed by atoms with Gasteiger partial charge in [0, 0.05) is 25.7 Å². The van der Waals surface area contributed by atoms with E-state index in [1.807, 2.05) is 0 Å². The molecule has 1 aromatic rings. The fourth-order valence-electron chi connectivity index (χ4n) is 2.86. The molecule has 0 bridgehead atoms. The minimum absolute atomic E-state index is 0.690. The molecule has 1 heterocycles. The lowest BCUT2D eigenvalue weighted by Crippen LogP contribution is -2.53. The summed E-state index contributed by atoms with van der Waals surface area (Å²) in [5, 5.41) is 3.67. The monoisotopic (exact) mass is 260 g/mol. The van der Waals surface area contributed by atoms with Gasteiger partial charge in [-0.2, -0.15) is 0 Å². The van der Waals surface area contributed by atoms with E-state index < -0.39 is 0 Å². The molecule has 1 aliphatic heterocycles. The summed E-state index contributed by atoms with van der Waals surface area (Å²) in [6, 6.07) is 11.5. The average molecular weight is 260 g/mol. The first-order valence-electron chi connectivity index (χ1n) is 7.79. The van der Waals surface area contributed by atoms with Crippen LogP contribution < -0.4 is 5.32 Å². The zero-order chi connectivity index (χ0) is 13.5. The molecule has 1 fully saturated rings. The number of hydrogen-bond acceptors (Lipinski definition) is 2. The molecule has 2 atom stereocenters. The molecule has 0 radical (unpaired) electrons. The van der Waals surface area contributed by atoms with Gasteiger partial charge >= 0.3 is 0 Å². The van der Waals surface area contributed by atoms with E-state index in [1.165, 1.54) is 44.5 Å². The highest BCUT2D eigenvalue weighted by Crippen LogP contribution is 2.13. The molecule has 0 spiro atoms. The van der Waals surface area contributed by atoms with Crippen molar-refractivity contribution in [3.8, 4) is 0 Å². The molecule has 106 valence electrons. The van der Waals surface area contributed by atoms with Crippen molar-refractivity contribution in [3.05, 3.63) is 35.9 Å². The normalized spacial score (nSPS) is 22.3. The van der Waals surface area contributed by atoms with Crippen LogP contribution in [0.15, 0.2) is 30.3 Å². The van der Waals surface area contributed by atoms with E-state index in [4.69, 9.17) is 0 Å². The Bertz CT molecular complexity index is 350. The summed E-state index contributed by atoms with van der Waals surface area (Å²) in [6.07, 6.45) is 3.76. The van der Waals surface area contributed by atoms with Crippen molar-refractivity contribution in [2.75, 3.05) is 26.2 Å². The predicted octanol–water partition coefficient (Wildman–Crippen LogP) is 2.94.